The molecule has 0 spiro atoms. The Morgan fingerprint density at radius 2 is 1.96 bits per heavy atom. The zero-order valence-electron chi connectivity index (χ0n) is 13.9. The number of benzene rings is 1. The van der Waals surface area contributed by atoms with E-state index in [0.29, 0.717) is 24.2 Å². The maximum Gasteiger partial charge on any atom is 0.252 e. The predicted octanol–water partition coefficient (Wildman–Crippen LogP) is 2.70. The third kappa shape index (κ3) is 3.13. The van der Waals surface area contributed by atoms with E-state index in [1.807, 2.05) is 20.9 Å². The molecule has 0 saturated carbocycles. The number of halogens is 1. The van der Waals surface area contributed by atoms with Gasteiger partial charge in [0.05, 0.1) is 16.6 Å². The van der Waals surface area contributed by atoms with Gasteiger partial charge in [0.1, 0.15) is 5.82 Å². The summed E-state index contributed by atoms with van der Waals surface area (Å²) in [5.41, 5.74) is 3.82. The van der Waals surface area contributed by atoms with Crippen molar-refractivity contribution in [2.24, 2.45) is 7.05 Å². The fourth-order valence-corrected chi connectivity index (χ4v) is 2.82. The molecule has 3 rings (SSSR count). The molecular formula is C18H19FN4O. The first kappa shape index (κ1) is 16.1. The van der Waals surface area contributed by atoms with Crippen molar-refractivity contribution in [2.75, 3.05) is 6.54 Å². The van der Waals surface area contributed by atoms with Crippen LogP contribution in [0.5, 0.6) is 0 Å². The summed E-state index contributed by atoms with van der Waals surface area (Å²) in [5, 5.41) is 8.05. The van der Waals surface area contributed by atoms with Crippen molar-refractivity contribution in [3.63, 3.8) is 0 Å². The Hall–Kier alpha value is -2.76. The Balaban J connectivity index is 1.77. The zero-order valence-corrected chi connectivity index (χ0v) is 13.9. The second kappa shape index (κ2) is 6.39. The van der Waals surface area contributed by atoms with Gasteiger partial charge in [-0.2, -0.15) is 5.10 Å². The fraction of sp³-hybridized carbons (Fsp3) is 0.278. The second-order valence-corrected chi connectivity index (χ2v) is 5.85. The first-order valence-electron chi connectivity index (χ1n) is 7.79. The number of rotatable bonds is 4. The molecule has 2 heterocycles. The van der Waals surface area contributed by atoms with E-state index in [1.54, 1.807) is 22.9 Å². The summed E-state index contributed by atoms with van der Waals surface area (Å²) in [6, 6.07) is 8.07. The molecule has 0 fully saturated rings. The van der Waals surface area contributed by atoms with Gasteiger partial charge < -0.3 is 5.32 Å². The van der Waals surface area contributed by atoms with Gasteiger partial charge in [-0.05, 0) is 44.0 Å². The molecule has 0 aliphatic heterocycles. The predicted molar refractivity (Wildman–Crippen MR) is 90.4 cm³/mol. The van der Waals surface area contributed by atoms with Crippen LogP contribution in [0.2, 0.25) is 0 Å². The normalized spacial score (nSPS) is 11.0. The van der Waals surface area contributed by atoms with Crippen LogP contribution in [-0.4, -0.2) is 27.2 Å². The van der Waals surface area contributed by atoms with E-state index in [9.17, 15) is 9.18 Å². The smallest absolute Gasteiger partial charge is 0.252 e. The van der Waals surface area contributed by atoms with Crippen LogP contribution in [0.4, 0.5) is 4.39 Å². The van der Waals surface area contributed by atoms with E-state index < -0.39 is 0 Å². The van der Waals surface area contributed by atoms with Crippen LogP contribution in [0.15, 0.2) is 30.3 Å². The number of carbonyl (C=O) groups excluding carboxylic acids is 1. The Morgan fingerprint density at radius 3 is 2.67 bits per heavy atom. The molecule has 5 nitrogen and oxygen atoms in total. The number of pyridine rings is 1. The van der Waals surface area contributed by atoms with Gasteiger partial charge in [-0.25, -0.2) is 9.37 Å². The summed E-state index contributed by atoms with van der Waals surface area (Å²) in [5.74, 6) is -0.409. The van der Waals surface area contributed by atoms with Crippen molar-refractivity contribution in [3.8, 4) is 0 Å². The van der Waals surface area contributed by atoms with E-state index in [0.717, 1.165) is 22.3 Å². The number of hydrogen-bond donors (Lipinski definition) is 1. The van der Waals surface area contributed by atoms with Gasteiger partial charge in [0.25, 0.3) is 5.91 Å². The van der Waals surface area contributed by atoms with Gasteiger partial charge >= 0.3 is 0 Å². The monoisotopic (exact) mass is 326 g/mol. The van der Waals surface area contributed by atoms with Gasteiger partial charge in [-0.15, -0.1) is 0 Å². The van der Waals surface area contributed by atoms with Crippen LogP contribution < -0.4 is 5.32 Å². The molecule has 0 bridgehead atoms. The molecule has 2 aromatic heterocycles. The number of aryl methyl sites for hydroxylation is 3. The molecule has 1 N–H and O–H groups in total. The summed E-state index contributed by atoms with van der Waals surface area (Å²) in [7, 11) is 1.82. The average Bonchev–Trinajstić information content (AvgIpc) is 2.83. The van der Waals surface area contributed by atoms with Gasteiger partial charge in [-0.1, -0.05) is 12.1 Å². The van der Waals surface area contributed by atoms with Crippen LogP contribution in [-0.2, 0) is 13.5 Å². The molecule has 0 aliphatic rings. The van der Waals surface area contributed by atoms with Gasteiger partial charge in [0.2, 0.25) is 0 Å². The molecule has 0 aliphatic carbocycles. The van der Waals surface area contributed by atoms with Crippen molar-refractivity contribution in [1.82, 2.24) is 20.1 Å². The molecule has 0 unspecified atom stereocenters. The van der Waals surface area contributed by atoms with E-state index >= 15 is 0 Å². The minimum atomic E-state index is -0.260. The standard InChI is InChI=1S/C18H19FN4O/c1-11-10-15(16-12(2)22-23(3)17(16)21-11)18(24)20-9-8-13-4-6-14(19)7-5-13/h4-7,10H,8-9H2,1-3H3,(H,20,24). The van der Waals surface area contributed by atoms with Crippen molar-refractivity contribution in [3.05, 3.63) is 58.7 Å². The summed E-state index contributed by atoms with van der Waals surface area (Å²) in [6.07, 6.45) is 0.644. The van der Waals surface area contributed by atoms with Crippen molar-refractivity contribution in [1.29, 1.82) is 0 Å². The maximum absolute atomic E-state index is 12.9. The Morgan fingerprint density at radius 1 is 1.25 bits per heavy atom. The fourth-order valence-electron chi connectivity index (χ4n) is 2.82. The zero-order chi connectivity index (χ0) is 17.3. The first-order chi connectivity index (χ1) is 11.5. The molecule has 0 radical (unpaired) electrons. The minimum Gasteiger partial charge on any atom is -0.352 e. The summed E-state index contributed by atoms with van der Waals surface area (Å²) in [4.78, 5) is 17.0. The molecule has 24 heavy (non-hydrogen) atoms. The van der Waals surface area contributed by atoms with Crippen LogP contribution >= 0.6 is 0 Å². The van der Waals surface area contributed by atoms with Gasteiger partial charge in [0.15, 0.2) is 5.65 Å². The second-order valence-electron chi connectivity index (χ2n) is 5.85. The number of carbonyl (C=O) groups is 1. The summed E-state index contributed by atoms with van der Waals surface area (Å²) in [6.45, 7) is 4.21. The van der Waals surface area contributed by atoms with Crippen molar-refractivity contribution in [2.45, 2.75) is 20.3 Å². The molecule has 0 atom stereocenters. The third-order valence-corrected chi connectivity index (χ3v) is 3.95. The highest BCUT2D eigenvalue weighted by atomic mass is 19.1. The lowest BCUT2D eigenvalue weighted by atomic mass is 10.1. The topological polar surface area (TPSA) is 59.8 Å². The maximum atomic E-state index is 12.9. The highest BCUT2D eigenvalue weighted by Gasteiger charge is 2.17. The van der Waals surface area contributed by atoms with Crippen LogP contribution in [0.1, 0.15) is 27.3 Å². The molecule has 124 valence electrons. The molecule has 6 heteroatoms. The Labute approximate surface area is 139 Å². The Kier molecular flexibility index (Phi) is 4.29. The molecule has 3 aromatic rings. The van der Waals surface area contributed by atoms with Gasteiger partial charge in [0, 0.05) is 19.3 Å². The van der Waals surface area contributed by atoms with Crippen molar-refractivity contribution < 1.29 is 9.18 Å². The van der Waals surface area contributed by atoms with Crippen LogP contribution in [0.3, 0.4) is 0 Å². The minimum absolute atomic E-state index is 0.149. The Bertz CT molecular complexity index is 900. The third-order valence-electron chi connectivity index (χ3n) is 3.95. The average molecular weight is 326 g/mol. The SMILES string of the molecule is Cc1cc(C(=O)NCCc2ccc(F)cc2)c2c(C)nn(C)c2n1. The lowest BCUT2D eigenvalue weighted by Gasteiger charge is -2.08. The number of amides is 1. The highest BCUT2D eigenvalue weighted by Crippen LogP contribution is 2.21. The lowest BCUT2D eigenvalue weighted by molar-refractivity contribution is 0.0955. The largest absolute Gasteiger partial charge is 0.352 e. The highest BCUT2D eigenvalue weighted by molar-refractivity contribution is 6.06. The van der Waals surface area contributed by atoms with Gasteiger partial charge in [-0.3, -0.25) is 9.48 Å². The lowest BCUT2D eigenvalue weighted by Crippen LogP contribution is -2.26. The van der Waals surface area contributed by atoms with E-state index in [1.165, 1.54) is 12.1 Å². The number of aromatic nitrogens is 3. The van der Waals surface area contributed by atoms with Crippen LogP contribution in [0, 0.1) is 19.7 Å². The number of fused-ring (bicyclic) bond motifs is 1. The van der Waals surface area contributed by atoms with Crippen LogP contribution in [0.25, 0.3) is 11.0 Å². The van der Waals surface area contributed by atoms with E-state index in [-0.39, 0.29) is 11.7 Å². The number of hydrogen-bond acceptors (Lipinski definition) is 3. The van der Waals surface area contributed by atoms with Crippen molar-refractivity contribution >= 4 is 16.9 Å². The van der Waals surface area contributed by atoms with E-state index in [4.69, 9.17) is 0 Å². The first-order valence-corrected chi connectivity index (χ1v) is 7.79. The molecule has 1 amide bonds. The molecule has 1 aromatic carbocycles. The molecule has 0 saturated heterocycles. The molecular weight excluding hydrogens is 307 g/mol. The number of nitrogens with zero attached hydrogens (tertiary/aromatic N) is 3. The van der Waals surface area contributed by atoms with E-state index in [2.05, 4.69) is 15.4 Å². The quantitative estimate of drug-likeness (QED) is 0.802. The summed E-state index contributed by atoms with van der Waals surface area (Å²) >= 11 is 0. The summed E-state index contributed by atoms with van der Waals surface area (Å²) < 4.78 is 14.6. The number of nitrogens with one attached hydrogen (secondary N) is 1.